The van der Waals surface area contributed by atoms with E-state index in [2.05, 4.69) is 10.6 Å². The number of rotatable bonds is 5. The lowest BCUT2D eigenvalue weighted by Crippen LogP contribution is -2.55. The van der Waals surface area contributed by atoms with E-state index in [0.29, 0.717) is 19.5 Å². The fourth-order valence-electron chi connectivity index (χ4n) is 2.13. The van der Waals surface area contributed by atoms with Gasteiger partial charge in [0, 0.05) is 33.6 Å². The molecule has 1 unspecified atom stereocenters. The van der Waals surface area contributed by atoms with Crippen molar-refractivity contribution < 1.29 is 9.59 Å². The molecule has 1 heterocycles. The van der Waals surface area contributed by atoms with Crippen molar-refractivity contribution in [3.05, 3.63) is 35.9 Å². The number of benzene rings is 1. The van der Waals surface area contributed by atoms with Crippen LogP contribution in [0.25, 0.3) is 0 Å². The van der Waals surface area contributed by atoms with Gasteiger partial charge in [-0.2, -0.15) is 0 Å². The van der Waals surface area contributed by atoms with Gasteiger partial charge in [-0.25, -0.2) is 0 Å². The second-order valence-electron chi connectivity index (χ2n) is 5.34. The predicted molar refractivity (Wildman–Crippen MR) is 84.4 cm³/mol. The third kappa shape index (κ3) is 4.72. The van der Waals surface area contributed by atoms with Crippen molar-refractivity contribution in [2.75, 3.05) is 27.2 Å². The zero-order valence-electron chi connectivity index (χ0n) is 12.3. The van der Waals surface area contributed by atoms with Crippen LogP contribution in [0, 0.1) is 5.92 Å². The molecule has 5 nitrogen and oxygen atoms in total. The second-order valence-corrected chi connectivity index (χ2v) is 5.34. The minimum Gasteiger partial charge on any atom is -0.347 e. The van der Waals surface area contributed by atoms with Crippen LogP contribution in [-0.2, 0) is 16.0 Å². The second kappa shape index (κ2) is 8.00. The van der Waals surface area contributed by atoms with Gasteiger partial charge < -0.3 is 15.5 Å². The molecule has 1 saturated heterocycles. The maximum absolute atomic E-state index is 12.2. The number of carbonyl (C=O) groups excluding carboxylic acids is 2. The first-order valence-corrected chi connectivity index (χ1v) is 6.84. The largest absolute Gasteiger partial charge is 0.347 e. The number of likely N-dealkylation sites (N-methyl/N-ethyl adjacent to an activating group) is 1. The number of nitrogens with zero attached hydrogens (tertiary/aromatic N) is 1. The van der Waals surface area contributed by atoms with Crippen molar-refractivity contribution in [1.82, 2.24) is 15.5 Å². The molecule has 2 N–H and O–H groups in total. The van der Waals surface area contributed by atoms with Crippen molar-refractivity contribution >= 4 is 24.2 Å². The average molecular weight is 312 g/mol. The Labute approximate surface area is 131 Å². The molecule has 6 heteroatoms. The average Bonchev–Trinajstić information content (AvgIpc) is 2.36. The van der Waals surface area contributed by atoms with Crippen LogP contribution in [0.1, 0.15) is 5.56 Å². The molecule has 0 aromatic heterocycles. The standard InChI is InChI=1S/C15H21N3O2.ClH/c1-18(2)15(20)13(8-11-6-4-3-5-7-11)17-14(19)12-9-16-10-12;/h3-7,12-13,16H,8-10H2,1-2H3,(H,17,19);1H. The molecule has 2 amide bonds. The molecule has 1 aromatic carbocycles. The number of hydrogen-bond acceptors (Lipinski definition) is 3. The lowest BCUT2D eigenvalue weighted by molar-refractivity contribution is -0.136. The van der Waals surface area contributed by atoms with Crippen LogP contribution in [0.3, 0.4) is 0 Å². The Morgan fingerprint density at radius 3 is 2.38 bits per heavy atom. The Morgan fingerprint density at radius 1 is 1.29 bits per heavy atom. The lowest BCUT2D eigenvalue weighted by Gasteiger charge is -2.29. The summed E-state index contributed by atoms with van der Waals surface area (Å²) in [6.07, 6.45) is 0.518. The minimum atomic E-state index is -0.500. The number of nitrogens with one attached hydrogen (secondary N) is 2. The molecule has 1 aromatic rings. The summed E-state index contributed by atoms with van der Waals surface area (Å²) >= 11 is 0. The fraction of sp³-hybridized carbons (Fsp3) is 0.467. The van der Waals surface area contributed by atoms with E-state index in [0.717, 1.165) is 5.56 Å². The van der Waals surface area contributed by atoms with E-state index in [9.17, 15) is 9.59 Å². The van der Waals surface area contributed by atoms with Crippen molar-refractivity contribution in [2.45, 2.75) is 12.5 Å². The first-order chi connectivity index (χ1) is 9.58. The lowest BCUT2D eigenvalue weighted by atomic mass is 10.00. The van der Waals surface area contributed by atoms with Crippen LogP contribution in [0.5, 0.6) is 0 Å². The molecule has 0 bridgehead atoms. The number of halogens is 1. The summed E-state index contributed by atoms with van der Waals surface area (Å²) < 4.78 is 0. The van der Waals surface area contributed by atoms with Crippen LogP contribution >= 0.6 is 12.4 Å². The highest BCUT2D eigenvalue weighted by Crippen LogP contribution is 2.08. The molecule has 21 heavy (non-hydrogen) atoms. The van der Waals surface area contributed by atoms with Gasteiger partial charge in [0.2, 0.25) is 11.8 Å². The molecule has 0 saturated carbocycles. The Hall–Kier alpha value is -1.59. The molecule has 1 aliphatic heterocycles. The zero-order chi connectivity index (χ0) is 14.5. The van der Waals surface area contributed by atoms with Gasteiger partial charge in [-0.15, -0.1) is 12.4 Å². The number of carbonyl (C=O) groups is 2. The fourth-order valence-corrected chi connectivity index (χ4v) is 2.13. The Bertz CT molecular complexity index is 475. The van der Waals surface area contributed by atoms with Crippen molar-refractivity contribution in [1.29, 1.82) is 0 Å². The summed E-state index contributed by atoms with van der Waals surface area (Å²) in [7, 11) is 3.41. The number of hydrogen-bond donors (Lipinski definition) is 2. The normalized spacial score (nSPS) is 15.3. The van der Waals surface area contributed by atoms with Crippen molar-refractivity contribution in [3.8, 4) is 0 Å². The molecule has 2 rings (SSSR count). The van der Waals surface area contributed by atoms with Crippen molar-refractivity contribution in [3.63, 3.8) is 0 Å². The van der Waals surface area contributed by atoms with Gasteiger partial charge in [-0.1, -0.05) is 30.3 Å². The molecular formula is C15H22ClN3O2. The molecule has 0 aliphatic carbocycles. The molecule has 116 valence electrons. The van der Waals surface area contributed by atoms with Gasteiger partial charge in [-0.05, 0) is 5.56 Å². The van der Waals surface area contributed by atoms with E-state index >= 15 is 0 Å². The first-order valence-electron chi connectivity index (χ1n) is 6.84. The molecule has 1 aliphatic rings. The highest BCUT2D eigenvalue weighted by molar-refractivity contribution is 5.89. The molecular weight excluding hydrogens is 290 g/mol. The smallest absolute Gasteiger partial charge is 0.244 e. The summed E-state index contributed by atoms with van der Waals surface area (Å²) in [6, 6.07) is 9.24. The third-order valence-corrected chi connectivity index (χ3v) is 3.49. The topological polar surface area (TPSA) is 61.4 Å². The number of amides is 2. The van der Waals surface area contributed by atoms with Crippen LogP contribution < -0.4 is 10.6 Å². The Balaban J connectivity index is 0.00000220. The summed E-state index contributed by atoms with van der Waals surface area (Å²) in [5.41, 5.74) is 1.04. The molecule has 1 atom stereocenters. The van der Waals surface area contributed by atoms with Crippen molar-refractivity contribution in [2.24, 2.45) is 5.92 Å². The quantitative estimate of drug-likeness (QED) is 0.830. The third-order valence-electron chi connectivity index (χ3n) is 3.49. The highest BCUT2D eigenvalue weighted by atomic mass is 35.5. The Kier molecular flexibility index (Phi) is 6.65. The summed E-state index contributed by atoms with van der Waals surface area (Å²) in [5, 5.41) is 5.94. The summed E-state index contributed by atoms with van der Waals surface area (Å²) in [5.74, 6) is -0.127. The van der Waals surface area contributed by atoms with E-state index < -0.39 is 6.04 Å². The monoisotopic (exact) mass is 311 g/mol. The van der Waals surface area contributed by atoms with Gasteiger partial charge >= 0.3 is 0 Å². The predicted octanol–water partition coefficient (Wildman–Crippen LogP) is 0.443. The van der Waals surface area contributed by atoms with Gasteiger partial charge in [0.15, 0.2) is 0 Å². The van der Waals surface area contributed by atoms with E-state index in [1.165, 1.54) is 4.90 Å². The van der Waals surface area contributed by atoms with E-state index in [4.69, 9.17) is 0 Å². The van der Waals surface area contributed by atoms with Gasteiger partial charge in [-0.3, -0.25) is 9.59 Å². The van der Waals surface area contributed by atoms with E-state index in [1.807, 2.05) is 30.3 Å². The van der Waals surface area contributed by atoms with E-state index in [-0.39, 0.29) is 30.1 Å². The maximum atomic E-state index is 12.2. The first kappa shape index (κ1) is 17.5. The molecule has 1 fully saturated rings. The van der Waals surface area contributed by atoms with Crippen LogP contribution in [0.4, 0.5) is 0 Å². The highest BCUT2D eigenvalue weighted by Gasteiger charge is 2.29. The van der Waals surface area contributed by atoms with Gasteiger partial charge in [0.25, 0.3) is 0 Å². The van der Waals surface area contributed by atoms with Gasteiger partial charge in [0.05, 0.1) is 5.92 Å². The maximum Gasteiger partial charge on any atom is 0.244 e. The van der Waals surface area contributed by atoms with Crippen LogP contribution in [-0.4, -0.2) is 49.9 Å². The van der Waals surface area contributed by atoms with E-state index in [1.54, 1.807) is 14.1 Å². The van der Waals surface area contributed by atoms with Gasteiger partial charge in [0.1, 0.15) is 6.04 Å². The minimum absolute atomic E-state index is 0. The summed E-state index contributed by atoms with van der Waals surface area (Å²) in [6.45, 7) is 1.39. The SMILES string of the molecule is CN(C)C(=O)C(Cc1ccccc1)NC(=O)C1CNC1.Cl. The summed E-state index contributed by atoms with van der Waals surface area (Å²) in [4.78, 5) is 25.8. The molecule has 0 spiro atoms. The molecule has 0 radical (unpaired) electrons. The van der Waals surface area contributed by atoms with Crippen LogP contribution in [0.15, 0.2) is 30.3 Å². The zero-order valence-corrected chi connectivity index (χ0v) is 13.2. The Morgan fingerprint density at radius 2 is 1.90 bits per heavy atom. The van der Waals surface area contributed by atoms with Crippen LogP contribution in [0.2, 0.25) is 0 Å².